The van der Waals surface area contributed by atoms with E-state index < -0.39 is 17.7 Å². The smallest absolute Gasteiger partial charge is 0.416 e. The zero-order valence-corrected chi connectivity index (χ0v) is 22.3. The van der Waals surface area contributed by atoms with Gasteiger partial charge in [0.15, 0.2) is 0 Å². The highest BCUT2D eigenvalue weighted by Crippen LogP contribution is 2.42. The van der Waals surface area contributed by atoms with E-state index in [1.54, 1.807) is 6.92 Å². The minimum Gasteiger partial charge on any atom is -0.490 e. The van der Waals surface area contributed by atoms with Gasteiger partial charge in [-0.15, -0.1) is 0 Å². The Bertz CT molecular complexity index is 1420. The molecule has 0 bridgehead atoms. The van der Waals surface area contributed by atoms with Gasteiger partial charge in [0.1, 0.15) is 11.4 Å². The predicted octanol–water partition coefficient (Wildman–Crippen LogP) is 8.62. The van der Waals surface area contributed by atoms with Crippen LogP contribution in [0.3, 0.4) is 0 Å². The molecule has 1 saturated carbocycles. The van der Waals surface area contributed by atoms with E-state index in [2.05, 4.69) is 27.6 Å². The fraction of sp³-hybridized carbons (Fsp3) is 0.276. The van der Waals surface area contributed by atoms with Crippen molar-refractivity contribution >= 4 is 39.5 Å². The van der Waals surface area contributed by atoms with Crippen molar-refractivity contribution in [3.63, 3.8) is 0 Å². The van der Waals surface area contributed by atoms with Crippen molar-refractivity contribution in [2.45, 2.75) is 44.9 Å². The molecule has 5 rings (SSSR count). The van der Waals surface area contributed by atoms with Crippen LogP contribution >= 0.6 is 22.6 Å². The Balaban J connectivity index is 1.65. The van der Waals surface area contributed by atoms with E-state index in [9.17, 15) is 18.0 Å². The van der Waals surface area contributed by atoms with Crippen LogP contribution in [-0.4, -0.2) is 23.7 Å². The van der Waals surface area contributed by atoms with Gasteiger partial charge in [-0.1, -0.05) is 30.3 Å². The van der Waals surface area contributed by atoms with Crippen molar-refractivity contribution in [1.29, 1.82) is 0 Å². The lowest BCUT2D eigenvalue weighted by Gasteiger charge is -2.16. The van der Waals surface area contributed by atoms with E-state index in [4.69, 9.17) is 9.47 Å². The number of carbonyl (C=O) groups is 1. The molecule has 0 radical (unpaired) electrons. The first kappa shape index (κ1) is 25.6. The standard InChI is InChI=1S/C29H25F3INO3/c1-2-36-28(35)27-26(33)25-23(34-27)16-15-22(17-7-11-19(12-8-17)29(30,31)32)24(25)18-9-13-21(14-10-18)37-20-5-3-4-6-20/h7-16,20,34H,2-6H2,1H3. The zero-order chi connectivity index (χ0) is 26.2. The molecule has 0 atom stereocenters. The van der Waals surface area contributed by atoms with Crippen molar-refractivity contribution in [2.24, 2.45) is 0 Å². The molecule has 1 aliphatic carbocycles. The Kier molecular flexibility index (Phi) is 7.20. The highest BCUT2D eigenvalue weighted by molar-refractivity contribution is 14.1. The van der Waals surface area contributed by atoms with Crippen LogP contribution in [0.5, 0.6) is 5.75 Å². The molecule has 192 valence electrons. The molecule has 0 amide bonds. The van der Waals surface area contributed by atoms with Crippen molar-refractivity contribution in [3.05, 3.63) is 75.5 Å². The molecule has 1 N–H and O–H groups in total. The molecule has 1 aliphatic rings. The van der Waals surface area contributed by atoms with Gasteiger partial charge >= 0.3 is 12.1 Å². The van der Waals surface area contributed by atoms with Gasteiger partial charge in [-0.2, -0.15) is 13.2 Å². The molecule has 3 aromatic carbocycles. The number of carbonyl (C=O) groups excluding carboxylic acids is 1. The van der Waals surface area contributed by atoms with Crippen LogP contribution in [0.2, 0.25) is 0 Å². The third kappa shape index (κ3) is 5.21. The molecule has 37 heavy (non-hydrogen) atoms. The van der Waals surface area contributed by atoms with Gasteiger partial charge in [0.25, 0.3) is 0 Å². The van der Waals surface area contributed by atoms with Crippen molar-refractivity contribution in [3.8, 4) is 28.0 Å². The Morgan fingerprint density at radius 2 is 1.62 bits per heavy atom. The first-order chi connectivity index (χ1) is 17.8. The van der Waals surface area contributed by atoms with Crippen LogP contribution in [0.25, 0.3) is 33.2 Å². The lowest BCUT2D eigenvalue weighted by atomic mass is 9.91. The van der Waals surface area contributed by atoms with Crippen molar-refractivity contribution in [1.82, 2.24) is 4.98 Å². The molecule has 0 aliphatic heterocycles. The number of rotatable bonds is 6. The fourth-order valence-corrected chi connectivity index (χ4v) is 5.79. The number of aromatic amines is 1. The van der Waals surface area contributed by atoms with Crippen LogP contribution in [0.15, 0.2) is 60.7 Å². The Morgan fingerprint density at radius 3 is 2.24 bits per heavy atom. The SMILES string of the molecule is CCOC(=O)c1[nH]c2ccc(-c3ccc(C(F)(F)F)cc3)c(-c3ccc(OC4CCCC4)cc3)c2c1I. The summed E-state index contributed by atoms with van der Waals surface area (Å²) in [4.78, 5) is 15.8. The van der Waals surface area contributed by atoms with E-state index in [0.29, 0.717) is 14.8 Å². The average molecular weight is 619 g/mol. The summed E-state index contributed by atoms with van der Waals surface area (Å²) >= 11 is 2.13. The number of hydrogen-bond donors (Lipinski definition) is 1. The molecule has 8 heteroatoms. The number of esters is 1. The Morgan fingerprint density at radius 1 is 0.973 bits per heavy atom. The highest BCUT2D eigenvalue weighted by atomic mass is 127. The molecule has 0 spiro atoms. The van der Waals surface area contributed by atoms with E-state index in [1.807, 2.05) is 36.4 Å². The number of alkyl halides is 3. The summed E-state index contributed by atoms with van der Waals surface area (Å²) < 4.78 is 51.6. The number of halogens is 4. The van der Waals surface area contributed by atoms with Gasteiger partial charge in [-0.3, -0.25) is 0 Å². The van der Waals surface area contributed by atoms with Gasteiger partial charge in [0, 0.05) is 10.9 Å². The summed E-state index contributed by atoms with van der Waals surface area (Å²) in [5, 5.41) is 0.811. The average Bonchev–Trinajstić information content (AvgIpc) is 3.51. The lowest BCUT2D eigenvalue weighted by Crippen LogP contribution is -2.10. The number of fused-ring (bicyclic) bond motifs is 1. The fourth-order valence-electron chi connectivity index (χ4n) is 4.87. The molecule has 4 aromatic rings. The van der Waals surface area contributed by atoms with Crippen LogP contribution in [0.1, 0.15) is 48.7 Å². The second-order valence-electron chi connectivity index (χ2n) is 9.07. The second-order valence-corrected chi connectivity index (χ2v) is 10.1. The summed E-state index contributed by atoms with van der Waals surface area (Å²) in [5.41, 5.74) is 3.48. The molecule has 1 heterocycles. The van der Waals surface area contributed by atoms with Crippen LogP contribution < -0.4 is 4.74 Å². The van der Waals surface area contributed by atoms with E-state index in [-0.39, 0.29) is 12.7 Å². The Hall–Kier alpha value is -3.01. The topological polar surface area (TPSA) is 51.3 Å². The van der Waals surface area contributed by atoms with Gasteiger partial charge in [0.2, 0.25) is 0 Å². The van der Waals surface area contributed by atoms with Crippen molar-refractivity contribution < 1.29 is 27.4 Å². The van der Waals surface area contributed by atoms with E-state index in [0.717, 1.165) is 58.3 Å². The summed E-state index contributed by atoms with van der Waals surface area (Å²) in [6.07, 6.45) is 0.278. The monoisotopic (exact) mass is 619 g/mol. The maximum atomic E-state index is 13.2. The molecule has 0 saturated heterocycles. The quantitative estimate of drug-likeness (QED) is 0.174. The first-order valence-electron chi connectivity index (χ1n) is 12.2. The summed E-state index contributed by atoms with van der Waals surface area (Å²) in [6, 6.07) is 16.6. The maximum absolute atomic E-state index is 13.2. The first-order valence-corrected chi connectivity index (χ1v) is 13.3. The minimum absolute atomic E-state index is 0.231. The molecule has 4 nitrogen and oxygen atoms in total. The summed E-state index contributed by atoms with van der Waals surface area (Å²) in [7, 11) is 0. The van der Waals surface area contributed by atoms with Crippen molar-refractivity contribution in [2.75, 3.05) is 6.61 Å². The van der Waals surface area contributed by atoms with Crippen LogP contribution in [0, 0.1) is 3.57 Å². The molecule has 1 fully saturated rings. The summed E-state index contributed by atoms with van der Waals surface area (Å²) in [5.74, 6) is 0.334. The van der Waals surface area contributed by atoms with E-state index >= 15 is 0 Å². The number of nitrogens with one attached hydrogen (secondary N) is 1. The number of hydrogen-bond acceptors (Lipinski definition) is 3. The molecular formula is C29H25F3INO3. The van der Waals surface area contributed by atoms with Gasteiger partial charge in [0.05, 0.1) is 21.8 Å². The largest absolute Gasteiger partial charge is 0.490 e. The number of ether oxygens (including phenoxy) is 2. The number of H-pyrrole nitrogens is 1. The minimum atomic E-state index is -4.41. The lowest BCUT2D eigenvalue weighted by molar-refractivity contribution is -0.137. The summed E-state index contributed by atoms with van der Waals surface area (Å²) in [6.45, 7) is 1.99. The maximum Gasteiger partial charge on any atom is 0.416 e. The molecule has 1 aromatic heterocycles. The van der Waals surface area contributed by atoms with Gasteiger partial charge in [-0.05, 0) is 108 Å². The predicted molar refractivity (Wildman–Crippen MR) is 146 cm³/mol. The van der Waals surface area contributed by atoms with Crippen LogP contribution in [-0.2, 0) is 10.9 Å². The molecular weight excluding hydrogens is 594 g/mol. The number of benzene rings is 3. The van der Waals surface area contributed by atoms with Crippen LogP contribution in [0.4, 0.5) is 13.2 Å². The van der Waals surface area contributed by atoms with E-state index in [1.165, 1.54) is 25.0 Å². The highest BCUT2D eigenvalue weighted by Gasteiger charge is 2.30. The normalized spacial score (nSPS) is 14.3. The van der Waals surface area contributed by atoms with Gasteiger partial charge < -0.3 is 14.5 Å². The number of aromatic nitrogens is 1. The van der Waals surface area contributed by atoms with Gasteiger partial charge in [-0.25, -0.2) is 4.79 Å². The third-order valence-corrected chi connectivity index (χ3v) is 7.73. The third-order valence-electron chi connectivity index (χ3n) is 6.65. The second kappa shape index (κ2) is 10.4. The Labute approximate surface area is 226 Å². The molecule has 0 unspecified atom stereocenters. The zero-order valence-electron chi connectivity index (χ0n) is 20.1.